The fourth-order valence-corrected chi connectivity index (χ4v) is 5.42. The summed E-state index contributed by atoms with van der Waals surface area (Å²) in [6, 6.07) is 31.7. The van der Waals surface area contributed by atoms with Gasteiger partial charge in [-0.2, -0.15) is 0 Å². The first-order chi connectivity index (χ1) is 13.9. The summed E-state index contributed by atoms with van der Waals surface area (Å²) >= 11 is 0. The van der Waals surface area contributed by atoms with Crippen molar-refractivity contribution in [3.05, 3.63) is 107 Å². The molecule has 0 N–H and O–H groups in total. The highest BCUT2D eigenvalue weighted by atomic mass is 14.3. The lowest BCUT2D eigenvalue weighted by Crippen LogP contribution is -1.86. The topological polar surface area (TPSA) is 0 Å². The monoisotopic (exact) mass is 354 g/mol. The summed E-state index contributed by atoms with van der Waals surface area (Å²) in [5, 5.41) is 5.48. The molecule has 0 unspecified atom stereocenters. The first-order valence-corrected chi connectivity index (χ1v) is 10.0. The molecule has 0 atom stereocenters. The van der Waals surface area contributed by atoms with E-state index in [4.69, 9.17) is 0 Å². The minimum absolute atomic E-state index is 1.04. The Labute approximate surface area is 164 Å². The molecule has 0 aromatic heterocycles. The molecule has 5 aromatic rings. The predicted octanol–water partition coefficient (Wildman–Crippen LogP) is 7.14. The second-order valence-electron chi connectivity index (χ2n) is 8.15. The van der Waals surface area contributed by atoms with Crippen LogP contribution in [-0.4, -0.2) is 0 Å². The fourth-order valence-electron chi connectivity index (χ4n) is 5.42. The number of rotatable bonds is 0. The van der Waals surface area contributed by atoms with Crippen LogP contribution in [-0.2, 0) is 12.8 Å². The molecule has 0 bridgehead atoms. The molecule has 0 nitrogen and oxygen atoms in total. The van der Waals surface area contributed by atoms with Gasteiger partial charge in [-0.1, -0.05) is 72.8 Å². The van der Waals surface area contributed by atoms with Gasteiger partial charge in [-0.25, -0.2) is 0 Å². The van der Waals surface area contributed by atoms with Gasteiger partial charge < -0.3 is 0 Å². The molecule has 0 saturated carbocycles. The summed E-state index contributed by atoms with van der Waals surface area (Å²) in [5.74, 6) is 0. The molecule has 0 amide bonds. The molecule has 0 heterocycles. The zero-order valence-corrected chi connectivity index (χ0v) is 15.5. The molecule has 0 spiro atoms. The standard InChI is InChI=1S/C28H18/c1-3-7-22-17(5-1)11-12-24-25-14-20-13-19-10-9-18-6-2-4-8-23(18)28(19)26(20)15-21(25)16-27(22)24/h1-12,14-15H,13,16H2. The van der Waals surface area contributed by atoms with Gasteiger partial charge in [-0.3, -0.25) is 0 Å². The van der Waals surface area contributed by atoms with Crippen molar-refractivity contribution in [3.63, 3.8) is 0 Å². The molecule has 0 fully saturated rings. The Kier molecular flexibility index (Phi) is 2.67. The minimum atomic E-state index is 1.04. The highest BCUT2D eigenvalue weighted by Crippen LogP contribution is 2.47. The number of hydrogen-bond acceptors (Lipinski definition) is 0. The van der Waals surface area contributed by atoms with Crippen molar-refractivity contribution in [2.45, 2.75) is 12.8 Å². The Morgan fingerprint density at radius 1 is 0.464 bits per heavy atom. The normalized spacial score (nSPS) is 13.4. The zero-order valence-electron chi connectivity index (χ0n) is 15.5. The Bertz CT molecular complexity index is 1450. The second kappa shape index (κ2) is 5.11. The lowest BCUT2D eigenvalue weighted by molar-refractivity contribution is 1.25. The molecule has 0 heteroatoms. The highest BCUT2D eigenvalue weighted by molar-refractivity contribution is 6.03. The number of fused-ring (bicyclic) bond motifs is 10. The molecule has 5 aromatic carbocycles. The average molecular weight is 354 g/mol. The van der Waals surface area contributed by atoms with E-state index >= 15 is 0 Å². The summed E-state index contributed by atoms with van der Waals surface area (Å²) < 4.78 is 0. The second-order valence-corrected chi connectivity index (χ2v) is 8.15. The summed E-state index contributed by atoms with van der Waals surface area (Å²) in [6.45, 7) is 0. The Hall–Kier alpha value is -3.38. The fraction of sp³-hybridized carbons (Fsp3) is 0.0714. The van der Waals surface area contributed by atoms with Gasteiger partial charge in [0.05, 0.1) is 0 Å². The third-order valence-corrected chi connectivity index (χ3v) is 6.69. The van der Waals surface area contributed by atoms with Gasteiger partial charge in [0.25, 0.3) is 0 Å². The van der Waals surface area contributed by atoms with Gasteiger partial charge in [0, 0.05) is 0 Å². The van der Waals surface area contributed by atoms with Crippen molar-refractivity contribution in [2.24, 2.45) is 0 Å². The van der Waals surface area contributed by atoms with E-state index in [2.05, 4.69) is 84.9 Å². The van der Waals surface area contributed by atoms with E-state index in [0.717, 1.165) is 12.8 Å². The molecule has 28 heavy (non-hydrogen) atoms. The van der Waals surface area contributed by atoms with Crippen LogP contribution in [0.4, 0.5) is 0 Å². The largest absolute Gasteiger partial charge is 0.0616 e. The van der Waals surface area contributed by atoms with Crippen molar-refractivity contribution in [1.82, 2.24) is 0 Å². The minimum Gasteiger partial charge on any atom is -0.0616 e. The SMILES string of the molecule is c1ccc2c3c(ccc2c1)-c1cc2c(cc1C3)-c1c(ccc3ccccc13)C2. The maximum absolute atomic E-state index is 2.48. The van der Waals surface area contributed by atoms with Crippen LogP contribution in [0.25, 0.3) is 43.8 Å². The van der Waals surface area contributed by atoms with Crippen LogP contribution in [0, 0.1) is 0 Å². The average Bonchev–Trinajstić information content (AvgIpc) is 3.29. The summed E-state index contributed by atoms with van der Waals surface area (Å²) in [5.41, 5.74) is 11.7. The maximum Gasteiger partial charge on any atom is -0.000706 e. The van der Waals surface area contributed by atoms with E-state index in [1.807, 2.05) is 0 Å². The van der Waals surface area contributed by atoms with Gasteiger partial charge in [-0.15, -0.1) is 0 Å². The van der Waals surface area contributed by atoms with Gasteiger partial charge in [-0.05, 0) is 91.0 Å². The molecule has 130 valence electrons. The highest BCUT2D eigenvalue weighted by Gasteiger charge is 2.27. The van der Waals surface area contributed by atoms with Crippen molar-refractivity contribution < 1.29 is 0 Å². The van der Waals surface area contributed by atoms with Crippen molar-refractivity contribution >= 4 is 21.5 Å². The van der Waals surface area contributed by atoms with E-state index < -0.39 is 0 Å². The van der Waals surface area contributed by atoms with Crippen LogP contribution in [0.3, 0.4) is 0 Å². The Morgan fingerprint density at radius 2 is 1.14 bits per heavy atom. The molecule has 2 aliphatic carbocycles. The van der Waals surface area contributed by atoms with Crippen molar-refractivity contribution in [2.75, 3.05) is 0 Å². The van der Waals surface area contributed by atoms with E-state index in [-0.39, 0.29) is 0 Å². The van der Waals surface area contributed by atoms with Crippen LogP contribution in [0.5, 0.6) is 0 Å². The predicted molar refractivity (Wildman–Crippen MR) is 118 cm³/mol. The number of hydrogen-bond donors (Lipinski definition) is 0. The van der Waals surface area contributed by atoms with Crippen LogP contribution in [0.15, 0.2) is 84.9 Å². The maximum atomic E-state index is 2.48. The van der Waals surface area contributed by atoms with Crippen LogP contribution >= 0.6 is 0 Å². The Balaban J connectivity index is 1.48. The molecule has 0 radical (unpaired) electrons. The summed E-state index contributed by atoms with van der Waals surface area (Å²) in [6.07, 6.45) is 2.09. The zero-order chi connectivity index (χ0) is 18.2. The quantitative estimate of drug-likeness (QED) is 0.272. The first kappa shape index (κ1) is 14.6. The van der Waals surface area contributed by atoms with Crippen LogP contribution in [0.2, 0.25) is 0 Å². The van der Waals surface area contributed by atoms with Gasteiger partial charge in [0.15, 0.2) is 0 Å². The summed E-state index contributed by atoms with van der Waals surface area (Å²) in [4.78, 5) is 0. The molecular weight excluding hydrogens is 336 g/mol. The van der Waals surface area contributed by atoms with Crippen LogP contribution < -0.4 is 0 Å². The van der Waals surface area contributed by atoms with E-state index in [1.54, 1.807) is 0 Å². The van der Waals surface area contributed by atoms with Crippen LogP contribution in [0.1, 0.15) is 22.3 Å². The Morgan fingerprint density at radius 3 is 2.04 bits per heavy atom. The molecule has 0 saturated heterocycles. The first-order valence-electron chi connectivity index (χ1n) is 10.0. The lowest BCUT2D eigenvalue weighted by Gasteiger charge is -2.09. The van der Waals surface area contributed by atoms with E-state index in [9.17, 15) is 0 Å². The number of benzene rings is 5. The van der Waals surface area contributed by atoms with Crippen molar-refractivity contribution in [3.8, 4) is 22.3 Å². The molecule has 7 rings (SSSR count). The third kappa shape index (κ3) is 1.80. The molecular formula is C28H18. The molecule has 0 aliphatic heterocycles. The van der Waals surface area contributed by atoms with Gasteiger partial charge in [0.2, 0.25) is 0 Å². The van der Waals surface area contributed by atoms with E-state index in [0.29, 0.717) is 0 Å². The van der Waals surface area contributed by atoms with Gasteiger partial charge >= 0.3 is 0 Å². The van der Waals surface area contributed by atoms with Crippen molar-refractivity contribution in [1.29, 1.82) is 0 Å². The smallest absolute Gasteiger partial charge is 0.000706 e. The summed E-state index contributed by atoms with van der Waals surface area (Å²) in [7, 11) is 0. The lowest BCUT2D eigenvalue weighted by atomic mass is 9.95. The van der Waals surface area contributed by atoms with E-state index in [1.165, 1.54) is 66.1 Å². The van der Waals surface area contributed by atoms with Gasteiger partial charge in [0.1, 0.15) is 0 Å². The third-order valence-electron chi connectivity index (χ3n) is 6.69. The molecule has 2 aliphatic rings.